The van der Waals surface area contributed by atoms with Crippen LogP contribution in [0.15, 0.2) is 35.3 Å². The number of hydrogen-bond acceptors (Lipinski definition) is 2. The molecular weight excluding hydrogens is 154 g/mol. The van der Waals surface area contributed by atoms with Crippen molar-refractivity contribution >= 4 is 18.3 Å². The van der Waals surface area contributed by atoms with Gasteiger partial charge in [0.25, 0.3) is 0 Å². The minimum atomic E-state index is 0.454. The van der Waals surface area contributed by atoms with Gasteiger partial charge >= 0.3 is 0 Å². The molecule has 0 radical (unpaired) electrons. The van der Waals surface area contributed by atoms with Gasteiger partial charge in [0.05, 0.1) is 5.71 Å². The molecule has 0 saturated heterocycles. The maximum atomic E-state index is 7.51. The van der Waals surface area contributed by atoms with Crippen LogP contribution in [0.2, 0.25) is 0 Å². The molecule has 0 bridgehead atoms. The van der Waals surface area contributed by atoms with E-state index in [2.05, 4.69) is 19.2 Å². The fraction of sp³-hybridized carbons (Fsp3) is 0.222. The largest absolute Gasteiger partial charge is 0.300 e. The lowest BCUT2D eigenvalue weighted by atomic mass is 10.1. The van der Waals surface area contributed by atoms with Gasteiger partial charge in [0.1, 0.15) is 0 Å². The quantitative estimate of drug-likeness (QED) is 0.367. The third kappa shape index (κ3) is 3.83. The van der Waals surface area contributed by atoms with Crippen LogP contribution in [0.1, 0.15) is 13.8 Å². The Morgan fingerprint density at radius 2 is 2.09 bits per heavy atom. The van der Waals surface area contributed by atoms with Crippen LogP contribution in [0.4, 0.5) is 0 Å². The summed E-state index contributed by atoms with van der Waals surface area (Å²) in [5, 5.41) is 7.51. The van der Waals surface area contributed by atoms with Gasteiger partial charge in [0, 0.05) is 0 Å². The lowest BCUT2D eigenvalue weighted by molar-refractivity contribution is 1.48. The second-order valence-electron chi connectivity index (χ2n) is 2.15. The summed E-state index contributed by atoms with van der Waals surface area (Å²) < 4.78 is 0. The summed E-state index contributed by atoms with van der Waals surface area (Å²) in [5.41, 5.74) is 1.29. The van der Waals surface area contributed by atoms with Gasteiger partial charge in [-0.2, -0.15) is 0 Å². The SMILES string of the molecule is C=C/C(=C/C)C(=N)/C=C(\C)S. The Balaban J connectivity index is 4.49. The first-order valence-corrected chi connectivity index (χ1v) is 3.81. The summed E-state index contributed by atoms with van der Waals surface area (Å²) >= 11 is 4.07. The standard InChI is InChI=1S/C9H13NS/c1-4-8(5-2)9(10)6-7(3)11/h4-6,10-11H,1H2,2-3H3/b7-6+,8-5-,10-9?. The van der Waals surface area contributed by atoms with Crippen LogP contribution >= 0.6 is 12.6 Å². The predicted molar refractivity (Wildman–Crippen MR) is 54.4 cm³/mol. The van der Waals surface area contributed by atoms with Gasteiger partial charge in [-0.15, -0.1) is 12.6 Å². The molecule has 1 nitrogen and oxygen atoms in total. The Hall–Kier alpha value is -0.760. The molecule has 0 atom stereocenters. The van der Waals surface area contributed by atoms with Crippen LogP contribution in [-0.2, 0) is 0 Å². The molecule has 0 aromatic heterocycles. The van der Waals surface area contributed by atoms with Crippen molar-refractivity contribution in [1.29, 1.82) is 5.41 Å². The van der Waals surface area contributed by atoms with Crippen LogP contribution in [0.3, 0.4) is 0 Å². The van der Waals surface area contributed by atoms with E-state index in [4.69, 9.17) is 5.41 Å². The van der Waals surface area contributed by atoms with Crippen molar-refractivity contribution in [3.63, 3.8) is 0 Å². The normalized spacial score (nSPS) is 13.0. The van der Waals surface area contributed by atoms with E-state index < -0.39 is 0 Å². The first kappa shape index (κ1) is 10.2. The van der Waals surface area contributed by atoms with Crippen LogP contribution in [0, 0.1) is 5.41 Å². The van der Waals surface area contributed by atoms with Gasteiger partial charge in [0.15, 0.2) is 0 Å². The lowest BCUT2D eigenvalue weighted by Gasteiger charge is -1.97. The highest BCUT2D eigenvalue weighted by atomic mass is 32.1. The molecule has 0 aliphatic carbocycles. The molecule has 60 valence electrons. The topological polar surface area (TPSA) is 23.9 Å². The molecule has 0 unspecified atom stereocenters. The van der Waals surface area contributed by atoms with Crippen molar-refractivity contribution in [2.45, 2.75) is 13.8 Å². The minimum absolute atomic E-state index is 0.454. The van der Waals surface area contributed by atoms with E-state index in [-0.39, 0.29) is 0 Å². The summed E-state index contributed by atoms with van der Waals surface area (Å²) in [4.78, 5) is 0.830. The first-order chi connectivity index (χ1) is 5.11. The molecule has 0 aliphatic heterocycles. The number of hydrogen-bond donors (Lipinski definition) is 2. The van der Waals surface area contributed by atoms with Gasteiger partial charge in [-0.25, -0.2) is 0 Å². The third-order valence-electron chi connectivity index (χ3n) is 1.20. The summed E-state index contributed by atoms with van der Waals surface area (Å²) in [6.45, 7) is 7.32. The van der Waals surface area contributed by atoms with E-state index in [9.17, 15) is 0 Å². The first-order valence-electron chi connectivity index (χ1n) is 3.36. The molecule has 2 heteroatoms. The Bertz CT molecular complexity index is 220. The molecule has 0 amide bonds. The third-order valence-corrected chi connectivity index (χ3v) is 1.32. The highest BCUT2D eigenvalue weighted by molar-refractivity contribution is 7.84. The second-order valence-corrected chi connectivity index (χ2v) is 2.85. The Morgan fingerprint density at radius 1 is 1.55 bits per heavy atom. The van der Waals surface area contributed by atoms with E-state index in [0.717, 1.165) is 10.5 Å². The van der Waals surface area contributed by atoms with E-state index in [1.165, 1.54) is 0 Å². The second kappa shape index (κ2) is 4.97. The molecule has 0 rings (SSSR count). The van der Waals surface area contributed by atoms with Crippen molar-refractivity contribution in [2.75, 3.05) is 0 Å². The van der Waals surface area contributed by atoms with E-state index in [1.54, 1.807) is 12.2 Å². The van der Waals surface area contributed by atoms with E-state index in [1.807, 2.05) is 19.9 Å². The minimum Gasteiger partial charge on any atom is -0.300 e. The van der Waals surface area contributed by atoms with Gasteiger partial charge < -0.3 is 5.41 Å². The fourth-order valence-corrected chi connectivity index (χ4v) is 0.805. The molecule has 1 N–H and O–H groups in total. The summed E-state index contributed by atoms with van der Waals surface area (Å²) in [5.74, 6) is 0. The Labute approximate surface area is 73.4 Å². The summed E-state index contributed by atoms with van der Waals surface area (Å²) in [6.07, 6.45) is 5.21. The number of rotatable bonds is 3. The zero-order valence-corrected chi connectivity index (χ0v) is 7.78. The molecule has 0 heterocycles. The number of thiol groups is 1. The molecule has 0 fully saturated rings. The number of allylic oxidation sites excluding steroid dienone is 5. The molecule has 0 aliphatic rings. The molecule has 0 spiro atoms. The van der Waals surface area contributed by atoms with Crippen LogP contribution in [-0.4, -0.2) is 5.71 Å². The Kier molecular flexibility index (Phi) is 4.62. The van der Waals surface area contributed by atoms with Crippen molar-refractivity contribution in [3.8, 4) is 0 Å². The lowest BCUT2D eigenvalue weighted by Crippen LogP contribution is -1.93. The van der Waals surface area contributed by atoms with Crippen LogP contribution in [0.25, 0.3) is 0 Å². The molecule has 0 aromatic rings. The van der Waals surface area contributed by atoms with Crippen molar-refractivity contribution in [1.82, 2.24) is 0 Å². The van der Waals surface area contributed by atoms with Gasteiger partial charge in [-0.05, 0) is 30.4 Å². The maximum Gasteiger partial charge on any atom is 0.0616 e. The highest BCUT2D eigenvalue weighted by Crippen LogP contribution is 2.04. The van der Waals surface area contributed by atoms with Crippen molar-refractivity contribution in [2.24, 2.45) is 0 Å². The van der Waals surface area contributed by atoms with E-state index >= 15 is 0 Å². The summed E-state index contributed by atoms with van der Waals surface area (Å²) in [7, 11) is 0. The van der Waals surface area contributed by atoms with Crippen molar-refractivity contribution < 1.29 is 0 Å². The average Bonchev–Trinajstić information content (AvgIpc) is 1.88. The fourth-order valence-electron chi connectivity index (χ4n) is 0.676. The van der Waals surface area contributed by atoms with Gasteiger partial charge in [-0.1, -0.05) is 18.7 Å². The smallest absolute Gasteiger partial charge is 0.0616 e. The van der Waals surface area contributed by atoms with Gasteiger partial charge in [-0.3, -0.25) is 0 Å². The number of nitrogens with one attached hydrogen (secondary N) is 1. The van der Waals surface area contributed by atoms with Crippen molar-refractivity contribution in [3.05, 3.63) is 35.3 Å². The molecule has 11 heavy (non-hydrogen) atoms. The highest BCUT2D eigenvalue weighted by Gasteiger charge is 1.94. The molecule has 0 saturated carbocycles. The Morgan fingerprint density at radius 3 is 2.36 bits per heavy atom. The zero-order valence-electron chi connectivity index (χ0n) is 6.89. The predicted octanol–water partition coefficient (Wildman–Crippen LogP) is 2.97. The monoisotopic (exact) mass is 167 g/mol. The maximum absolute atomic E-state index is 7.51. The molecule has 0 aromatic carbocycles. The molecular formula is C9H13NS. The zero-order chi connectivity index (χ0) is 8.85. The van der Waals surface area contributed by atoms with Crippen LogP contribution in [0.5, 0.6) is 0 Å². The average molecular weight is 167 g/mol. The van der Waals surface area contributed by atoms with E-state index in [0.29, 0.717) is 5.71 Å². The van der Waals surface area contributed by atoms with Crippen LogP contribution < -0.4 is 0 Å². The van der Waals surface area contributed by atoms with Gasteiger partial charge in [0.2, 0.25) is 0 Å². The summed E-state index contributed by atoms with van der Waals surface area (Å²) in [6, 6.07) is 0.